The molecule has 3 aromatic rings. The molecular formula is C35H48N8O2. The van der Waals surface area contributed by atoms with Gasteiger partial charge in [0.1, 0.15) is 0 Å². The molecule has 3 aliphatic heterocycles. The van der Waals surface area contributed by atoms with Crippen molar-refractivity contribution >= 4 is 23.4 Å². The number of aromatic nitrogens is 2. The average molecular weight is 613 g/mol. The highest BCUT2D eigenvalue weighted by Gasteiger charge is 2.31. The SMILES string of the molecule is Cc1cc(-c2ccnc(Nc3ccc(N4CCN(CC5CCNCC5)CC4)cc3)n2)ccc1CNC(=O)N1CC(OC(C)C)C1. The normalized spacial score (nSPS) is 18.2. The van der Waals surface area contributed by atoms with Gasteiger partial charge in [-0.15, -0.1) is 0 Å². The van der Waals surface area contributed by atoms with Gasteiger partial charge >= 0.3 is 6.03 Å². The first-order valence-corrected chi connectivity index (χ1v) is 16.6. The van der Waals surface area contributed by atoms with E-state index in [1.54, 1.807) is 11.1 Å². The fraction of sp³-hybridized carbons (Fsp3) is 0.514. The van der Waals surface area contributed by atoms with Crippen LogP contribution in [0.3, 0.4) is 0 Å². The zero-order valence-corrected chi connectivity index (χ0v) is 27.0. The number of hydrogen-bond acceptors (Lipinski definition) is 8. The fourth-order valence-corrected chi connectivity index (χ4v) is 6.49. The van der Waals surface area contributed by atoms with Gasteiger partial charge in [0.15, 0.2) is 0 Å². The van der Waals surface area contributed by atoms with E-state index in [0.717, 1.165) is 60.2 Å². The van der Waals surface area contributed by atoms with E-state index in [1.807, 2.05) is 19.9 Å². The Morgan fingerprint density at radius 2 is 1.78 bits per heavy atom. The average Bonchev–Trinajstić information content (AvgIpc) is 3.03. The number of rotatable bonds is 10. The number of piperazine rings is 1. The van der Waals surface area contributed by atoms with Gasteiger partial charge in [-0.2, -0.15) is 0 Å². The Morgan fingerprint density at radius 1 is 1.02 bits per heavy atom. The molecule has 0 radical (unpaired) electrons. The molecule has 10 nitrogen and oxygen atoms in total. The Kier molecular flexibility index (Phi) is 10.1. The van der Waals surface area contributed by atoms with Crippen LogP contribution in [0.2, 0.25) is 0 Å². The lowest BCUT2D eigenvalue weighted by Gasteiger charge is -2.39. The van der Waals surface area contributed by atoms with E-state index in [-0.39, 0.29) is 18.2 Å². The summed E-state index contributed by atoms with van der Waals surface area (Å²) in [5.41, 5.74) is 6.28. The molecule has 4 heterocycles. The van der Waals surface area contributed by atoms with Crippen LogP contribution in [0, 0.1) is 12.8 Å². The number of anilines is 3. The van der Waals surface area contributed by atoms with Crippen LogP contribution in [-0.4, -0.2) is 96.9 Å². The molecule has 2 aromatic carbocycles. The number of carbonyl (C=O) groups is 1. The summed E-state index contributed by atoms with van der Waals surface area (Å²) < 4.78 is 5.75. The summed E-state index contributed by atoms with van der Waals surface area (Å²) in [4.78, 5) is 28.7. The second kappa shape index (κ2) is 14.6. The molecule has 10 heteroatoms. The highest BCUT2D eigenvalue weighted by molar-refractivity contribution is 5.75. The largest absolute Gasteiger partial charge is 0.372 e. The Balaban J connectivity index is 0.986. The number of likely N-dealkylation sites (tertiary alicyclic amines) is 1. The van der Waals surface area contributed by atoms with E-state index in [0.29, 0.717) is 25.6 Å². The number of amides is 2. The number of nitrogens with zero attached hydrogens (tertiary/aromatic N) is 5. The van der Waals surface area contributed by atoms with Crippen LogP contribution in [0.1, 0.15) is 37.8 Å². The van der Waals surface area contributed by atoms with Crippen molar-refractivity contribution in [3.05, 3.63) is 65.9 Å². The number of aryl methyl sites for hydroxylation is 1. The van der Waals surface area contributed by atoms with Gasteiger partial charge in [-0.3, -0.25) is 4.90 Å². The van der Waals surface area contributed by atoms with Crippen molar-refractivity contribution in [3.8, 4) is 11.3 Å². The van der Waals surface area contributed by atoms with Gasteiger partial charge in [-0.05, 0) is 100 Å². The predicted molar refractivity (Wildman–Crippen MR) is 180 cm³/mol. The van der Waals surface area contributed by atoms with Crippen molar-refractivity contribution in [1.29, 1.82) is 0 Å². The van der Waals surface area contributed by atoms with Crippen LogP contribution >= 0.6 is 0 Å². The van der Waals surface area contributed by atoms with E-state index in [4.69, 9.17) is 9.72 Å². The highest BCUT2D eigenvalue weighted by Crippen LogP contribution is 2.25. The second-order valence-electron chi connectivity index (χ2n) is 12.9. The molecule has 0 atom stereocenters. The van der Waals surface area contributed by atoms with E-state index < -0.39 is 0 Å². The van der Waals surface area contributed by atoms with Crippen LogP contribution in [0.15, 0.2) is 54.7 Å². The molecule has 240 valence electrons. The van der Waals surface area contributed by atoms with E-state index >= 15 is 0 Å². The number of nitrogens with one attached hydrogen (secondary N) is 3. The van der Waals surface area contributed by atoms with E-state index in [1.165, 1.54) is 38.2 Å². The summed E-state index contributed by atoms with van der Waals surface area (Å²) in [5.74, 6) is 1.41. The maximum absolute atomic E-state index is 12.5. The zero-order valence-electron chi connectivity index (χ0n) is 27.0. The highest BCUT2D eigenvalue weighted by atomic mass is 16.5. The minimum Gasteiger partial charge on any atom is -0.372 e. The molecule has 0 saturated carbocycles. The Labute approximate surface area is 267 Å². The lowest BCUT2D eigenvalue weighted by atomic mass is 9.97. The lowest BCUT2D eigenvalue weighted by Crippen LogP contribution is -2.58. The molecule has 0 unspecified atom stereocenters. The van der Waals surface area contributed by atoms with Gasteiger partial charge in [-0.25, -0.2) is 14.8 Å². The van der Waals surface area contributed by atoms with E-state index in [2.05, 4.69) is 80.1 Å². The molecule has 0 bridgehead atoms. The van der Waals surface area contributed by atoms with Crippen LogP contribution in [0.4, 0.5) is 22.1 Å². The van der Waals surface area contributed by atoms with Crippen LogP contribution in [-0.2, 0) is 11.3 Å². The number of benzene rings is 2. The van der Waals surface area contributed by atoms with Gasteiger partial charge in [-0.1, -0.05) is 12.1 Å². The van der Waals surface area contributed by atoms with Crippen molar-refractivity contribution in [2.45, 2.75) is 52.4 Å². The number of ether oxygens (including phenoxy) is 1. The van der Waals surface area contributed by atoms with E-state index in [9.17, 15) is 4.79 Å². The topological polar surface area (TPSA) is 97.9 Å². The minimum absolute atomic E-state index is 0.0489. The van der Waals surface area contributed by atoms with Crippen molar-refractivity contribution in [2.24, 2.45) is 5.92 Å². The predicted octanol–water partition coefficient (Wildman–Crippen LogP) is 4.64. The summed E-state index contributed by atoms with van der Waals surface area (Å²) in [6, 6.07) is 16.7. The quantitative estimate of drug-likeness (QED) is 0.305. The third-order valence-electron chi connectivity index (χ3n) is 9.16. The lowest BCUT2D eigenvalue weighted by molar-refractivity contribution is -0.0641. The Morgan fingerprint density at radius 3 is 2.49 bits per heavy atom. The molecule has 2 amide bonds. The third-order valence-corrected chi connectivity index (χ3v) is 9.16. The summed E-state index contributed by atoms with van der Waals surface area (Å²) in [7, 11) is 0. The number of carbonyl (C=O) groups excluding carboxylic acids is 1. The standard InChI is InChI=1S/C35H48N8O2/c1-25(2)45-32-23-43(24-32)35(44)38-21-29-5-4-28(20-26(29)3)33-12-15-37-34(40-33)39-30-6-8-31(9-7-30)42-18-16-41(17-19-42)22-27-10-13-36-14-11-27/h4-9,12,15,20,25,27,32,36H,10-11,13-14,16-19,21-24H2,1-3H3,(H,38,44)(H,37,39,40). The van der Waals surface area contributed by atoms with Crippen LogP contribution in [0.25, 0.3) is 11.3 Å². The third kappa shape index (κ3) is 8.31. The first kappa shape index (κ1) is 31.3. The van der Waals surface area contributed by atoms with Gasteiger partial charge < -0.3 is 30.5 Å². The van der Waals surface area contributed by atoms with Gasteiger partial charge in [0.2, 0.25) is 5.95 Å². The molecule has 3 saturated heterocycles. The number of urea groups is 1. The smallest absolute Gasteiger partial charge is 0.317 e. The summed E-state index contributed by atoms with van der Waals surface area (Å²) in [6.45, 7) is 15.9. The van der Waals surface area contributed by atoms with Gasteiger partial charge in [0.05, 0.1) is 31.0 Å². The molecule has 3 fully saturated rings. The molecule has 1 aromatic heterocycles. The molecule has 0 aliphatic carbocycles. The molecule has 0 spiro atoms. The molecule has 3 aliphatic rings. The summed E-state index contributed by atoms with van der Waals surface area (Å²) in [6.07, 6.45) is 4.73. The molecule has 6 rings (SSSR count). The second-order valence-corrected chi connectivity index (χ2v) is 12.9. The monoisotopic (exact) mass is 612 g/mol. The zero-order chi connectivity index (χ0) is 31.2. The van der Waals surface area contributed by atoms with Crippen LogP contribution in [0.5, 0.6) is 0 Å². The Bertz CT molecular complexity index is 1410. The van der Waals surface area contributed by atoms with Gasteiger partial charge in [0, 0.05) is 62.4 Å². The maximum Gasteiger partial charge on any atom is 0.317 e. The molecular weight excluding hydrogens is 564 g/mol. The summed E-state index contributed by atoms with van der Waals surface area (Å²) >= 11 is 0. The molecule has 3 N–H and O–H groups in total. The van der Waals surface area contributed by atoms with Crippen molar-refractivity contribution in [1.82, 2.24) is 30.4 Å². The number of hydrogen-bond donors (Lipinski definition) is 3. The first-order chi connectivity index (χ1) is 21.9. The van der Waals surface area contributed by atoms with Crippen molar-refractivity contribution in [3.63, 3.8) is 0 Å². The Hall–Kier alpha value is -3.73. The first-order valence-electron chi connectivity index (χ1n) is 16.6. The van der Waals surface area contributed by atoms with Crippen molar-refractivity contribution in [2.75, 3.05) is 69.1 Å². The van der Waals surface area contributed by atoms with Crippen LogP contribution < -0.4 is 20.9 Å². The fourth-order valence-electron chi connectivity index (χ4n) is 6.49. The maximum atomic E-state index is 12.5. The summed E-state index contributed by atoms with van der Waals surface area (Å²) in [5, 5.41) is 9.89. The minimum atomic E-state index is -0.0489. The number of piperidine rings is 1. The molecule has 45 heavy (non-hydrogen) atoms. The van der Waals surface area contributed by atoms with Crippen molar-refractivity contribution < 1.29 is 9.53 Å². The van der Waals surface area contributed by atoms with Gasteiger partial charge in [0.25, 0.3) is 0 Å².